The standard InChI is InChI=1S/C24H19ClN4O3S/c25-20-10-9-19(33(31,32)29-11-3-5-17-4-1-2-6-22(17)29)13-23(20)28-15-18-8-7-16(14-26)12-21(18)27-24(28)30/h1-2,4,6-10,12-13H,3,5,11,15H2,(H,27,30). The number of aryl methyl sites for hydroxylation is 1. The number of urea groups is 1. The minimum absolute atomic E-state index is 0.0667. The lowest BCUT2D eigenvalue weighted by molar-refractivity contribution is 0.256. The number of para-hydroxylation sites is 1. The van der Waals surface area contributed by atoms with Crippen LogP contribution in [0.2, 0.25) is 5.02 Å². The number of anilines is 3. The Morgan fingerprint density at radius 2 is 1.82 bits per heavy atom. The lowest BCUT2D eigenvalue weighted by Gasteiger charge is -2.32. The number of carbonyl (C=O) groups is 1. The van der Waals surface area contributed by atoms with Crippen LogP contribution < -0.4 is 14.5 Å². The number of benzene rings is 3. The normalized spacial score (nSPS) is 15.3. The van der Waals surface area contributed by atoms with Crippen molar-refractivity contribution in [2.45, 2.75) is 24.3 Å². The summed E-state index contributed by atoms with van der Waals surface area (Å²) in [6.45, 7) is 0.582. The van der Waals surface area contributed by atoms with Gasteiger partial charge >= 0.3 is 6.03 Å². The van der Waals surface area contributed by atoms with E-state index in [9.17, 15) is 13.2 Å². The maximum atomic E-state index is 13.6. The molecule has 5 rings (SSSR count). The number of hydrogen-bond acceptors (Lipinski definition) is 4. The number of nitrogens with one attached hydrogen (secondary N) is 1. The summed E-state index contributed by atoms with van der Waals surface area (Å²) in [6, 6.07) is 18.5. The molecule has 0 unspecified atom stereocenters. The molecule has 0 spiro atoms. The highest BCUT2D eigenvalue weighted by Crippen LogP contribution is 2.37. The quantitative estimate of drug-likeness (QED) is 0.579. The molecule has 0 aliphatic carbocycles. The molecule has 0 atom stereocenters. The molecule has 0 saturated carbocycles. The SMILES string of the molecule is N#Cc1ccc2c(c1)NC(=O)N(c1cc(S(=O)(=O)N3CCCc4ccccc43)ccc1Cl)C2. The predicted octanol–water partition coefficient (Wildman–Crippen LogP) is 4.91. The largest absolute Gasteiger partial charge is 0.326 e. The van der Waals surface area contributed by atoms with Crippen LogP contribution in [0.5, 0.6) is 0 Å². The summed E-state index contributed by atoms with van der Waals surface area (Å²) in [5.74, 6) is 0. The highest BCUT2D eigenvalue weighted by molar-refractivity contribution is 7.92. The van der Waals surface area contributed by atoms with Gasteiger partial charge < -0.3 is 5.32 Å². The van der Waals surface area contributed by atoms with Crippen LogP contribution in [0.1, 0.15) is 23.1 Å². The molecule has 9 heteroatoms. The number of hydrogen-bond donors (Lipinski definition) is 1. The van der Waals surface area contributed by atoms with Crippen LogP contribution in [0.15, 0.2) is 65.6 Å². The van der Waals surface area contributed by atoms with Crippen molar-refractivity contribution in [3.8, 4) is 6.07 Å². The smallest absolute Gasteiger partial charge is 0.307 e. The van der Waals surface area contributed by atoms with Crippen LogP contribution in [0, 0.1) is 11.3 Å². The van der Waals surface area contributed by atoms with E-state index in [1.54, 1.807) is 18.2 Å². The second-order valence-corrected chi connectivity index (χ2v) is 10.2. The third-order valence-electron chi connectivity index (χ3n) is 5.92. The van der Waals surface area contributed by atoms with Gasteiger partial charge in [0, 0.05) is 12.2 Å². The number of amides is 2. The Kier molecular flexibility index (Phi) is 5.23. The van der Waals surface area contributed by atoms with E-state index in [1.807, 2.05) is 30.3 Å². The predicted molar refractivity (Wildman–Crippen MR) is 127 cm³/mol. The topological polar surface area (TPSA) is 93.5 Å². The Hall–Kier alpha value is -3.54. The number of rotatable bonds is 3. The summed E-state index contributed by atoms with van der Waals surface area (Å²) in [5.41, 5.74) is 3.76. The molecular formula is C24H19ClN4O3S. The molecule has 0 fully saturated rings. The van der Waals surface area contributed by atoms with Gasteiger partial charge in [0.05, 0.1) is 39.5 Å². The van der Waals surface area contributed by atoms with Gasteiger partial charge in [0.1, 0.15) is 0 Å². The fraction of sp³-hybridized carbons (Fsp3) is 0.167. The highest BCUT2D eigenvalue weighted by Gasteiger charge is 2.31. The van der Waals surface area contributed by atoms with Gasteiger partial charge in [-0.05, 0) is 60.4 Å². The summed E-state index contributed by atoms with van der Waals surface area (Å²) in [7, 11) is -3.86. The second-order valence-electron chi connectivity index (χ2n) is 7.92. The van der Waals surface area contributed by atoms with E-state index in [0.717, 1.165) is 24.0 Å². The number of nitriles is 1. The van der Waals surface area contributed by atoms with E-state index in [2.05, 4.69) is 5.32 Å². The molecule has 0 bridgehead atoms. The van der Waals surface area contributed by atoms with Crippen molar-refractivity contribution >= 4 is 44.7 Å². The minimum atomic E-state index is -3.86. The molecule has 166 valence electrons. The van der Waals surface area contributed by atoms with Crippen LogP contribution in [-0.2, 0) is 23.0 Å². The Balaban J connectivity index is 1.53. The molecule has 2 heterocycles. The molecule has 0 radical (unpaired) electrons. The van der Waals surface area contributed by atoms with E-state index < -0.39 is 16.1 Å². The lowest BCUT2D eigenvalue weighted by Crippen LogP contribution is -2.39. The monoisotopic (exact) mass is 478 g/mol. The van der Waals surface area contributed by atoms with Crippen LogP contribution in [0.25, 0.3) is 0 Å². The van der Waals surface area contributed by atoms with E-state index in [-0.39, 0.29) is 16.5 Å². The average Bonchev–Trinajstić information content (AvgIpc) is 2.83. The maximum Gasteiger partial charge on any atom is 0.326 e. The van der Waals surface area contributed by atoms with Gasteiger partial charge in [-0.15, -0.1) is 0 Å². The van der Waals surface area contributed by atoms with Crippen LogP contribution >= 0.6 is 11.6 Å². The first-order valence-corrected chi connectivity index (χ1v) is 12.2. The average molecular weight is 479 g/mol. The molecule has 0 saturated heterocycles. The van der Waals surface area contributed by atoms with Crippen molar-refractivity contribution in [1.29, 1.82) is 5.26 Å². The number of carbonyl (C=O) groups excluding carboxylic acids is 1. The Labute approximate surface area is 196 Å². The van der Waals surface area contributed by atoms with E-state index in [0.29, 0.717) is 29.2 Å². The van der Waals surface area contributed by atoms with Crippen molar-refractivity contribution in [1.82, 2.24) is 0 Å². The summed E-state index contributed by atoms with van der Waals surface area (Å²) < 4.78 is 28.6. The first-order chi connectivity index (χ1) is 15.9. The number of sulfonamides is 1. The minimum Gasteiger partial charge on any atom is -0.307 e. The van der Waals surface area contributed by atoms with Gasteiger partial charge in [-0.2, -0.15) is 5.26 Å². The summed E-state index contributed by atoms with van der Waals surface area (Å²) >= 11 is 6.41. The van der Waals surface area contributed by atoms with Crippen molar-refractivity contribution in [3.63, 3.8) is 0 Å². The third-order valence-corrected chi connectivity index (χ3v) is 8.05. The zero-order chi connectivity index (χ0) is 23.2. The van der Waals surface area contributed by atoms with E-state index in [4.69, 9.17) is 16.9 Å². The van der Waals surface area contributed by atoms with Gasteiger partial charge in [-0.25, -0.2) is 13.2 Å². The Morgan fingerprint density at radius 1 is 1.00 bits per heavy atom. The highest BCUT2D eigenvalue weighted by atomic mass is 35.5. The molecule has 3 aromatic carbocycles. The fourth-order valence-corrected chi connectivity index (χ4v) is 6.04. The molecular weight excluding hydrogens is 460 g/mol. The molecule has 3 aromatic rings. The van der Waals surface area contributed by atoms with Gasteiger partial charge in [-0.3, -0.25) is 9.21 Å². The zero-order valence-corrected chi connectivity index (χ0v) is 19.0. The van der Waals surface area contributed by atoms with Gasteiger partial charge in [0.2, 0.25) is 0 Å². The van der Waals surface area contributed by atoms with E-state index in [1.165, 1.54) is 27.4 Å². The molecule has 2 aliphatic heterocycles. The van der Waals surface area contributed by atoms with Crippen molar-refractivity contribution in [2.75, 3.05) is 21.1 Å². The number of fused-ring (bicyclic) bond motifs is 2. The van der Waals surface area contributed by atoms with E-state index >= 15 is 0 Å². The summed E-state index contributed by atoms with van der Waals surface area (Å²) in [4.78, 5) is 14.3. The molecule has 0 aromatic heterocycles. The van der Waals surface area contributed by atoms with Crippen molar-refractivity contribution < 1.29 is 13.2 Å². The number of halogens is 1. The van der Waals surface area contributed by atoms with Crippen molar-refractivity contribution in [2.24, 2.45) is 0 Å². The first-order valence-electron chi connectivity index (χ1n) is 10.4. The summed E-state index contributed by atoms with van der Waals surface area (Å²) in [6.07, 6.45) is 1.56. The Morgan fingerprint density at radius 3 is 2.64 bits per heavy atom. The van der Waals surface area contributed by atoms with Gasteiger partial charge in [0.25, 0.3) is 10.0 Å². The fourth-order valence-electron chi connectivity index (χ4n) is 4.26. The molecule has 2 aliphatic rings. The van der Waals surface area contributed by atoms with Gasteiger partial charge in [0.15, 0.2) is 0 Å². The molecule has 1 N–H and O–H groups in total. The molecule has 33 heavy (non-hydrogen) atoms. The first kappa shape index (κ1) is 21.3. The Bertz CT molecular complexity index is 1430. The summed E-state index contributed by atoms with van der Waals surface area (Å²) in [5, 5.41) is 12.1. The molecule has 2 amide bonds. The van der Waals surface area contributed by atoms with Crippen LogP contribution in [0.4, 0.5) is 21.9 Å². The van der Waals surface area contributed by atoms with Crippen molar-refractivity contribution in [3.05, 3.63) is 82.4 Å². The lowest BCUT2D eigenvalue weighted by atomic mass is 10.0. The molecule has 7 nitrogen and oxygen atoms in total. The van der Waals surface area contributed by atoms with Crippen LogP contribution in [0.3, 0.4) is 0 Å². The third kappa shape index (κ3) is 3.69. The maximum absolute atomic E-state index is 13.6. The number of nitrogens with zero attached hydrogens (tertiary/aromatic N) is 3. The zero-order valence-electron chi connectivity index (χ0n) is 17.5. The second kappa shape index (κ2) is 8.10. The van der Waals surface area contributed by atoms with Crippen LogP contribution in [-0.4, -0.2) is 21.0 Å². The van der Waals surface area contributed by atoms with Gasteiger partial charge in [-0.1, -0.05) is 35.9 Å².